The maximum absolute atomic E-state index is 15.6. The maximum atomic E-state index is 15.6. The SMILES string of the molecule is Cc1ccc(COc2cccc(-c3ccc(Cc4nc5ccc(C(=O)O)cc5n4CC4(CN(C)C)CC4)c(F)c3)n2)c(F)c1. The number of aryl methyl sites for hydroxylation is 1. The molecule has 0 bridgehead atoms. The van der Waals surface area contributed by atoms with E-state index in [1.165, 1.54) is 12.1 Å². The number of rotatable bonds is 11. The fourth-order valence-electron chi connectivity index (χ4n) is 5.76. The molecule has 1 N–H and O–H groups in total. The Morgan fingerprint density at radius 2 is 1.75 bits per heavy atom. The normalized spacial score (nSPS) is 13.9. The van der Waals surface area contributed by atoms with Gasteiger partial charge in [-0.2, -0.15) is 0 Å². The number of imidazole rings is 1. The number of benzene rings is 3. The molecule has 9 heteroatoms. The smallest absolute Gasteiger partial charge is 0.335 e. The topological polar surface area (TPSA) is 80.5 Å². The second-order valence-corrected chi connectivity index (χ2v) is 12.1. The summed E-state index contributed by atoms with van der Waals surface area (Å²) in [6.07, 6.45) is 2.39. The predicted octanol–water partition coefficient (Wildman–Crippen LogP) is 6.89. The van der Waals surface area contributed by atoms with Crippen LogP contribution < -0.4 is 4.74 Å². The van der Waals surface area contributed by atoms with Crippen LogP contribution in [0.15, 0.2) is 72.8 Å². The Morgan fingerprint density at radius 1 is 0.977 bits per heavy atom. The number of carbonyl (C=O) groups is 1. The van der Waals surface area contributed by atoms with Crippen molar-refractivity contribution in [1.29, 1.82) is 0 Å². The number of pyridine rings is 1. The van der Waals surface area contributed by atoms with Gasteiger partial charge in [0.2, 0.25) is 5.88 Å². The van der Waals surface area contributed by atoms with Crippen molar-refractivity contribution >= 4 is 17.0 Å². The third-order valence-corrected chi connectivity index (χ3v) is 8.18. The molecular weight excluding hydrogens is 562 g/mol. The standard InChI is InChI=1S/C35H34F2N4O3/c1-22-7-8-26(27(36)15-22)19-44-33-6-4-5-29(39-33)24-10-9-23(28(37)16-24)18-32-38-30-12-11-25(34(42)43)17-31(30)41(32)21-35(13-14-35)20-40(2)3/h4-12,15-17H,13-14,18-21H2,1-3H3,(H,42,43). The van der Waals surface area contributed by atoms with Crippen LogP contribution in [0.1, 0.15) is 45.7 Å². The molecule has 0 atom stereocenters. The highest BCUT2D eigenvalue weighted by Gasteiger charge is 2.43. The van der Waals surface area contributed by atoms with Crippen LogP contribution in [-0.2, 0) is 19.6 Å². The zero-order chi connectivity index (χ0) is 31.0. The van der Waals surface area contributed by atoms with E-state index < -0.39 is 11.8 Å². The van der Waals surface area contributed by atoms with Crippen LogP contribution in [0.2, 0.25) is 0 Å². The van der Waals surface area contributed by atoms with Gasteiger partial charge in [-0.3, -0.25) is 0 Å². The quantitative estimate of drug-likeness (QED) is 0.179. The van der Waals surface area contributed by atoms with Crippen LogP contribution in [0.25, 0.3) is 22.3 Å². The molecule has 2 aromatic heterocycles. The van der Waals surface area contributed by atoms with E-state index in [0.29, 0.717) is 46.2 Å². The fourth-order valence-corrected chi connectivity index (χ4v) is 5.76. The number of halogens is 2. The summed E-state index contributed by atoms with van der Waals surface area (Å²) in [6, 6.07) is 20.1. The van der Waals surface area contributed by atoms with Crippen molar-refractivity contribution in [3.8, 4) is 17.1 Å². The number of carboxylic acids is 1. The molecule has 6 rings (SSSR count). The second kappa shape index (κ2) is 11.8. The molecule has 0 unspecified atom stereocenters. The van der Waals surface area contributed by atoms with E-state index in [4.69, 9.17) is 9.72 Å². The van der Waals surface area contributed by atoms with Gasteiger partial charge in [0.25, 0.3) is 0 Å². The minimum atomic E-state index is -0.998. The number of nitrogens with zero attached hydrogens (tertiary/aromatic N) is 4. The lowest BCUT2D eigenvalue weighted by molar-refractivity contribution is 0.0697. The van der Waals surface area contributed by atoms with Gasteiger partial charge in [-0.15, -0.1) is 0 Å². The summed E-state index contributed by atoms with van der Waals surface area (Å²) in [4.78, 5) is 23.2. The molecule has 44 heavy (non-hydrogen) atoms. The van der Waals surface area contributed by atoms with Crippen molar-refractivity contribution in [3.63, 3.8) is 0 Å². The van der Waals surface area contributed by atoms with Crippen molar-refractivity contribution < 1.29 is 23.4 Å². The Labute approximate surface area is 254 Å². The first-order chi connectivity index (χ1) is 21.1. The van der Waals surface area contributed by atoms with Gasteiger partial charge in [0.15, 0.2) is 0 Å². The Morgan fingerprint density at radius 3 is 2.45 bits per heavy atom. The van der Waals surface area contributed by atoms with Gasteiger partial charge in [0.1, 0.15) is 24.1 Å². The highest BCUT2D eigenvalue weighted by molar-refractivity contribution is 5.92. The summed E-state index contributed by atoms with van der Waals surface area (Å²) in [6.45, 7) is 3.44. The summed E-state index contributed by atoms with van der Waals surface area (Å²) in [5.74, 6) is -0.719. The van der Waals surface area contributed by atoms with Crippen LogP contribution in [-0.4, -0.2) is 51.2 Å². The zero-order valence-corrected chi connectivity index (χ0v) is 25.0. The van der Waals surface area contributed by atoms with Crippen LogP contribution in [0, 0.1) is 24.0 Å². The van der Waals surface area contributed by atoms with E-state index in [1.807, 2.05) is 33.2 Å². The molecule has 3 aromatic carbocycles. The average Bonchev–Trinajstić information content (AvgIpc) is 3.65. The summed E-state index contributed by atoms with van der Waals surface area (Å²) in [5.41, 5.74) is 4.56. The molecule has 7 nitrogen and oxygen atoms in total. The molecule has 0 saturated heterocycles. The van der Waals surface area contributed by atoms with Crippen LogP contribution in [0.3, 0.4) is 0 Å². The fraction of sp³-hybridized carbons (Fsp3) is 0.286. The monoisotopic (exact) mass is 596 g/mol. The highest BCUT2D eigenvalue weighted by Crippen LogP contribution is 2.48. The van der Waals surface area contributed by atoms with Crippen molar-refractivity contribution in [2.45, 2.75) is 39.3 Å². The van der Waals surface area contributed by atoms with E-state index in [-0.39, 0.29) is 29.8 Å². The number of hydrogen-bond acceptors (Lipinski definition) is 5. The van der Waals surface area contributed by atoms with Gasteiger partial charge < -0.3 is 19.3 Å². The molecule has 0 radical (unpaired) electrons. The molecule has 226 valence electrons. The first kappa shape index (κ1) is 29.4. The lowest BCUT2D eigenvalue weighted by Crippen LogP contribution is -2.27. The third kappa shape index (κ3) is 6.33. The highest BCUT2D eigenvalue weighted by atomic mass is 19.1. The largest absolute Gasteiger partial charge is 0.478 e. The lowest BCUT2D eigenvalue weighted by atomic mass is 10.0. The van der Waals surface area contributed by atoms with Gasteiger partial charge in [0, 0.05) is 42.1 Å². The van der Waals surface area contributed by atoms with Crippen molar-refractivity contribution in [3.05, 3.63) is 113 Å². The number of hydrogen-bond donors (Lipinski definition) is 1. The van der Waals surface area contributed by atoms with Crippen molar-refractivity contribution in [2.24, 2.45) is 5.41 Å². The number of carboxylic acid groups (broad SMARTS) is 1. The van der Waals surface area contributed by atoms with E-state index >= 15 is 4.39 Å². The Balaban J connectivity index is 1.25. The minimum absolute atomic E-state index is 0.0284. The zero-order valence-electron chi connectivity index (χ0n) is 25.0. The number of aromatic nitrogens is 3. The number of ether oxygens (including phenoxy) is 1. The molecule has 0 spiro atoms. The molecule has 0 amide bonds. The van der Waals surface area contributed by atoms with E-state index in [1.54, 1.807) is 48.5 Å². The van der Waals surface area contributed by atoms with Crippen LogP contribution >= 0.6 is 0 Å². The van der Waals surface area contributed by atoms with Gasteiger partial charge in [-0.05, 0) is 81.4 Å². The lowest BCUT2D eigenvalue weighted by Gasteiger charge is -2.22. The molecule has 2 heterocycles. The molecule has 1 aliphatic carbocycles. The van der Waals surface area contributed by atoms with Crippen molar-refractivity contribution in [2.75, 3.05) is 20.6 Å². The average molecular weight is 597 g/mol. The summed E-state index contributed by atoms with van der Waals surface area (Å²) in [5, 5.41) is 9.60. The predicted molar refractivity (Wildman–Crippen MR) is 165 cm³/mol. The van der Waals surface area contributed by atoms with Gasteiger partial charge in [0.05, 0.1) is 22.3 Å². The first-order valence-corrected chi connectivity index (χ1v) is 14.6. The van der Waals surface area contributed by atoms with E-state index in [0.717, 1.165) is 30.5 Å². The summed E-state index contributed by atoms with van der Waals surface area (Å²) >= 11 is 0. The third-order valence-electron chi connectivity index (χ3n) is 8.18. The molecule has 5 aromatic rings. The van der Waals surface area contributed by atoms with Crippen LogP contribution in [0.5, 0.6) is 5.88 Å². The van der Waals surface area contributed by atoms with E-state index in [9.17, 15) is 14.3 Å². The molecule has 0 aliphatic heterocycles. The minimum Gasteiger partial charge on any atom is -0.478 e. The number of fused-ring (bicyclic) bond motifs is 1. The summed E-state index contributed by atoms with van der Waals surface area (Å²) < 4.78 is 37.7. The first-order valence-electron chi connectivity index (χ1n) is 14.6. The maximum Gasteiger partial charge on any atom is 0.335 e. The van der Waals surface area contributed by atoms with E-state index in [2.05, 4.69) is 14.5 Å². The van der Waals surface area contributed by atoms with Gasteiger partial charge >= 0.3 is 5.97 Å². The van der Waals surface area contributed by atoms with Crippen molar-refractivity contribution in [1.82, 2.24) is 19.4 Å². The molecule has 1 saturated carbocycles. The van der Waals surface area contributed by atoms with Gasteiger partial charge in [-0.1, -0.05) is 30.3 Å². The molecular formula is C35H34F2N4O3. The van der Waals surface area contributed by atoms with Crippen LogP contribution in [0.4, 0.5) is 8.78 Å². The Kier molecular flexibility index (Phi) is 7.90. The second-order valence-electron chi connectivity index (χ2n) is 12.1. The molecule has 1 aliphatic rings. The summed E-state index contributed by atoms with van der Waals surface area (Å²) in [7, 11) is 4.10. The van der Waals surface area contributed by atoms with Gasteiger partial charge in [-0.25, -0.2) is 23.5 Å². The Hall–Kier alpha value is -4.63. The Bertz CT molecular complexity index is 1860. The molecule has 1 fully saturated rings. The number of aromatic carboxylic acids is 1.